The first-order valence-corrected chi connectivity index (χ1v) is 7.05. The summed E-state index contributed by atoms with van der Waals surface area (Å²) in [6.07, 6.45) is 3.72. The van der Waals surface area contributed by atoms with Gasteiger partial charge < -0.3 is 11.1 Å². The molecule has 0 radical (unpaired) electrons. The van der Waals surface area contributed by atoms with E-state index in [2.05, 4.69) is 19.2 Å². The lowest BCUT2D eigenvalue weighted by molar-refractivity contribution is 0.350. The molecule has 0 spiro atoms. The fraction of sp³-hybridized carbons (Fsp3) is 0.500. The van der Waals surface area contributed by atoms with E-state index >= 15 is 0 Å². The molecule has 1 aromatic rings. The van der Waals surface area contributed by atoms with Gasteiger partial charge in [-0.3, -0.25) is 0 Å². The Morgan fingerprint density at radius 2 is 2.22 bits per heavy atom. The maximum atomic E-state index is 6.27. The minimum absolute atomic E-state index is 0.325. The highest BCUT2D eigenvalue weighted by Gasteiger charge is 2.34. The van der Waals surface area contributed by atoms with Crippen LogP contribution >= 0.6 is 23.8 Å². The first-order chi connectivity index (χ1) is 8.40. The maximum absolute atomic E-state index is 6.27. The summed E-state index contributed by atoms with van der Waals surface area (Å²) < 4.78 is 0. The number of benzene rings is 1. The van der Waals surface area contributed by atoms with Crippen molar-refractivity contribution in [1.29, 1.82) is 0 Å². The second kappa shape index (κ2) is 5.06. The molecule has 0 bridgehead atoms. The van der Waals surface area contributed by atoms with Crippen LogP contribution in [-0.4, -0.2) is 11.0 Å². The van der Waals surface area contributed by atoms with Gasteiger partial charge in [-0.15, -0.1) is 0 Å². The Morgan fingerprint density at radius 3 is 2.72 bits per heavy atom. The first kappa shape index (κ1) is 13.6. The molecule has 3 N–H and O–H groups in total. The number of anilines is 1. The molecule has 1 aliphatic rings. The third-order valence-corrected chi connectivity index (χ3v) is 4.39. The van der Waals surface area contributed by atoms with E-state index in [4.69, 9.17) is 29.6 Å². The van der Waals surface area contributed by atoms with Crippen LogP contribution in [0.25, 0.3) is 0 Å². The molecule has 0 saturated heterocycles. The van der Waals surface area contributed by atoms with Crippen molar-refractivity contribution < 1.29 is 0 Å². The molecular weight excluding hydrogens is 264 g/mol. The van der Waals surface area contributed by atoms with Gasteiger partial charge in [0.05, 0.1) is 10.7 Å². The number of hydrogen-bond acceptors (Lipinski definition) is 2. The predicted molar refractivity (Wildman–Crippen MR) is 82.4 cm³/mol. The number of hydrogen-bond donors (Lipinski definition) is 2. The molecule has 4 heteroatoms. The van der Waals surface area contributed by atoms with Crippen molar-refractivity contribution in [2.75, 3.05) is 5.32 Å². The SMILES string of the molecule is CC1(C)CCCC1Nc1ccc(C(N)=S)cc1Cl. The van der Waals surface area contributed by atoms with E-state index in [9.17, 15) is 0 Å². The summed E-state index contributed by atoms with van der Waals surface area (Å²) in [5.74, 6) is 0. The molecule has 1 aromatic carbocycles. The van der Waals surface area contributed by atoms with Crippen molar-refractivity contribution in [3.8, 4) is 0 Å². The van der Waals surface area contributed by atoms with E-state index < -0.39 is 0 Å². The standard InChI is InChI=1S/C14H19ClN2S/c1-14(2)7-3-4-12(14)17-11-6-5-9(13(16)18)8-10(11)15/h5-6,8,12,17H,3-4,7H2,1-2H3,(H2,16,18). The summed E-state index contributed by atoms with van der Waals surface area (Å²) in [4.78, 5) is 0.379. The fourth-order valence-electron chi connectivity index (χ4n) is 2.57. The lowest BCUT2D eigenvalue weighted by atomic mass is 9.87. The number of nitrogens with two attached hydrogens (primary N) is 1. The Bertz CT molecular complexity index is 471. The van der Waals surface area contributed by atoms with Crippen molar-refractivity contribution in [1.82, 2.24) is 0 Å². The molecule has 1 atom stereocenters. The largest absolute Gasteiger partial charge is 0.389 e. The molecule has 0 heterocycles. The predicted octanol–water partition coefficient (Wildman–Crippen LogP) is 3.96. The normalized spacial score (nSPS) is 21.8. The lowest BCUT2D eigenvalue weighted by Crippen LogP contribution is -2.30. The highest BCUT2D eigenvalue weighted by molar-refractivity contribution is 7.80. The van der Waals surface area contributed by atoms with E-state index in [0.29, 0.717) is 21.5 Å². The summed E-state index contributed by atoms with van der Waals surface area (Å²) in [7, 11) is 0. The molecule has 2 nitrogen and oxygen atoms in total. The molecule has 0 amide bonds. The Kier molecular flexibility index (Phi) is 3.83. The average Bonchev–Trinajstić information content (AvgIpc) is 2.61. The molecular formula is C14H19ClN2S. The van der Waals surface area contributed by atoms with Gasteiger partial charge in [0.15, 0.2) is 0 Å². The Morgan fingerprint density at radius 1 is 1.50 bits per heavy atom. The molecule has 0 aromatic heterocycles. The number of thiocarbonyl (C=S) groups is 1. The zero-order valence-corrected chi connectivity index (χ0v) is 12.4. The van der Waals surface area contributed by atoms with Gasteiger partial charge >= 0.3 is 0 Å². The van der Waals surface area contributed by atoms with E-state index in [1.54, 1.807) is 0 Å². The molecule has 1 saturated carbocycles. The van der Waals surface area contributed by atoms with Crippen molar-refractivity contribution >= 4 is 34.5 Å². The maximum Gasteiger partial charge on any atom is 0.104 e. The van der Waals surface area contributed by atoms with Crippen LogP contribution in [0.15, 0.2) is 18.2 Å². The molecule has 1 fully saturated rings. The van der Waals surface area contributed by atoms with Crippen LogP contribution in [0.5, 0.6) is 0 Å². The van der Waals surface area contributed by atoms with Gasteiger partial charge in [-0.2, -0.15) is 0 Å². The van der Waals surface area contributed by atoms with Crippen LogP contribution in [0.2, 0.25) is 5.02 Å². The number of rotatable bonds is 3. The summed E-state index contributed by atoms with van der Waals surface area (Å²) in [5.41, 5.74) is 7.70. The van der Waals surface area contributed by atoms with Gasteiger partial charge in [-0.1, -0.05) is 44.1 Å². The summed E-state index contributed by atoms with van der Waals surface area (Å²) in [6, 6.07) is 6.18. The molecule has 2 rings (SSSR count). The molecule has 0 aliphatic heterocycles. The average molecular weight is 283 g/mol. The van der Waals surface area contributed by atoms with Crippen LogP contribution in [0.4, 0.5) is 5.69 Å². The van der Waals surface area contributed by atoms with Gasteiger partial charge in [0.2, 0.25) is 0 Å². The van der Waals surface area contributed by atoms with Crippen LogP contribution in [0.1, 0.15) is 38.7 Å². The summed E-state index contributed by atoms with van der Waals surface area (Å²) in [5, 5.41) is 4.23. The van der Waals surface area contributed by atoms with Crippen LogP contribution in [-0.2, 0) is 0 Å². The van der Waals surface area contributed by atoms with Crippen molar-refractivity contribution in [2.24, 2.45) is 11.1 Å². The van der Waals surface area contributed by atoms with Gasteiger partial charge in [0.1, 0.15) is 4.99 Å². The third kappa shape index (κ3) is 2.78. The van der Waals surface area contributed by atoms with Crippen LogP contribution in [0, 0.1) is 5.41 Å². The van der Waals surface area contributed by atoms with Crippen LogP contribution < -0.4 is 11.1 Å². The Hall–Kier alpha value is -0.800. The second-order valence-corrected chi connectivity index (χ2v) is 6.48. The quantitative estimate of drug-likeness (QED) is 0.824. The molecule has 1 aliphatic carbocycles. The highest BCUT2D eigenvalue weighted by atomic mass is 35.5. The van der Waals surface area contributed by atoms with E-state index in [1.165, 1.54) is 19.3 Å². The molecule has 18 heavy (non-hydrogen) atoms. The van der Waals surface area contributed by atoms with E-state index in [-0.39, 0.29) is 0 Å². The zero-order valence-electron chi connectivity index (χ0n) is 10.8. The topological polar surface area (TPSA) is 38.0 Å². The van der Waals surface area contributed by atoms with E-state index in [0.717, 1.165) is 11.3 Å². The second-order valence-electron chi connectivity index (χ2n) is 5.64. The monoisotopic (exact) mass is 282 g/mol. The van der Waals surface area contributed by atoms with Crippen molar-refractivity contribution in [2.45, 2.75) is 39.2 Å². The summed E-state index contributed by atoms with van der Waals surface area (Å²) in [6.45, 7) is 4.60. The Balaban J connectivity index is 2.17. The van der Waals surface area contributed by atoms with Crippen LogP contribution in [0.3, 0.4) is 0 Å². The first-order valence-electron chi connectivity index (χ1n) is 6.26. The summed E-state index contributed by atoms with van der Waals surface area (Å²) >= 11 is 11.2. The van der Waals surface area contributed by atoms with Gasteiger partial charge in [0, 0.05) is 11.6 Å². The minimum atomic E-state index is 0.325. The third-order valence-electron chi connectivity index (χ3n) is 3.84. The van der Waals surface area contributed by atoms with Gasteiger partial charge in [0.25, 0.3) is 0 Å². The lowest BCUT2D eigenvalue weighted by Gasteiger charge is -2.29. The van der Waals surface area contributed by atoms with E-state index in [1.807, 2.05) is 18.2 Å². The fourth-order valence-corrected chi connectivity index (χ4v) is 2.93. The highest BCUT2D eigenvalue weighted by Crippen LogP contribution is 2.40. The van der Waals surface area contributed by atoms with Crippen molar-refractivity contribution in [3.05, 3.63) is 28.8 Å². The van der Waals surface area contributed by atoms with Crippen molar-refractivity contribution in [3.63, 3.8) is 0 Å². The molecule has 98 valence electrons. The number of halogens is 1. The minimum Gasteiger partial charge on any atom is -0.389 e. The zero-order chi connectivity index (χ0) is 13.3. The Labute approximate surface area is 119 Å². The number of nitrogens with one attached hydrogen (secondary N) is 1. The van der Waals surface area contributed by atoms with Gasteiger partial charge in [-0.25, -0.2) is 0 Å². The van der Waals surface area contributed by atoms with Gasteiger partial charge in [-0.05, 0) is 36.5 Å². The smallest absolute Gasteiger partial charge is 0.104 e. The molecule has 1 unspecified atom stereocenters.